The summed E-state index contributed by atoms with van der Waals surface area (Å²) < 4.78 is 0. The van der Waals surface area contributed by atoms with Gasteiger partial charge in [-0.2, -0.15) is 0 Å². The van der Waals surface area contributed by atoms with Crippen molar-refractivity contribution in [2.75, 3.05) is 0 Å². The largest absolute Gasteiger partial charge is 0.299 e. The van der Waals surface area contributed by atoms with Crippen LogP contribution in [-0.4, -0.2) is 17.3 Å². The van der Waals surface area contributed by atoms with Crippen LogP contribution < -0.4 is 0 Å². The highest BCUT2D eigenvalue weighted by Gasteiger charge is 2.14. The summed E-state index contributed by atoms with van der Waals surface area (Å²) in [7, 11) is 0. The first-order chi connectivity index (χ1) is 11.1. The lowest BCUT2D eigenvalue weighted by atomic mass is 10.0. The monoisotopic (exact) mass is 308 g/mol. The summed E-state index contributed by atoms with van der Waals surface area (Å²) in [6, 6.07) is 19.0. The second kappa shape index (κ2) is 8.79. The van der Waals surface area contributed by atoms with Crippen molar-refractivity contribution >= 4 is 17.3 Å². The molecule has 0 bridgehead atoms. The van der Waals surface area contributed by atoms with Crippen LogP contribution >= 0.6 is 0 Å². The molecule has 3 heteroatoms. The summed E-state index contributed by atoms with van der Waals surface area (Å²) in [4.78, 5) is 35.5. The molecule has 2 rings (SSSR count). The third-order valence-corrected chi connectivity index (χ3v) is 3.57. The maximum Gasteiger partial charge on any atom is 0.147 e. The Kier molecular flexibility index (Phi) is 6.42. The lowest BCUT2D eigenvalue weighted by Gasteiger charge is -2.02. The van der Waals surface area contributed by atoms with Crippen molar-refractivity contribution in [2.45, 2.75) is 32.1 Å². The van der Waals surface area contributed by atoms with Crippen molar-refractivity contribution in [3.05, 3.63) is 71.8 Å². The summed E-state index contributed by atoms with van der Waals surface area (Å²) in [5, 5.41) is 0. The summed E-state index contributed by atoms with van der Waals surface area (Å²) in [6.45, 7) is 0. The molecule has 0 spiro atoms. The van der Waals surface area contributed by atoms with E-state index in [1.165, 1.54) is 0 Å². The molecule has 0 fully saturated rings. The molecule has 0 saturated carbocycles. The number of carbonyl (C=O) groups is 3. The molecular weight excluding hydrogens is 288 g/mol. The van der Waals surface area contributed by atoms with E-state index in [9.17, 15) is 14.4 Å². The van der Waals surface area contributed by atoms with Crippen molar-refractivity contribution in [1.82, 2.24) is 0 Å². The van der Waals surface area contributed by atoms with E-state index in [1.807, 2.05) is 60.7 Å². The van der Waals surface area contributed by atoms with Gasteiger partial charge in [-0.25, -0.2) is 0 Å². The zero-order valence-corrected chi connectivity index (χ0v) is 13.0. The van der Waals surface area contributed by atoms with Crippen LogP contribution in [0.25, 0.3) is 0 Å². The molecule has 118 valence electrons. The van der Waals surface area contributed by atoms with E-state index < -0.39 is 0 Å². The minimum Gasteiger partial charge on any atom is -0.299 e. The first-order valence-corrected chi connectivity index (χ1v) is 7.76. The van der Waals surface area contributed by atoms with Gasteiger partial charge < -0.3 is 0 Å². The number of hydrogen-bond donors (Lipinski definition) is 0. The highest BCUT2D eigenvalue weighted by molar-refractivity contribution is 6.07. The number of Topliss-reactive ketones (excluding diaryl/α,β-unsaturated/α-hetero) is 3. The topological polar surface area (TPSA) is 51.2 Å². The Morgan fingerprint density at radius 1 is 0.609 bits per heavy atom. The molecule has 0 aliphatic rings. The van der Waals surface area contributed by atoms with E-state index in [0.717, 1.165) is 11.1 Å². The Hall–Kier alpha value is -2.55. The molecule has 0 heterocycles. The average molecular weight is 308 g/mol. The summed E-state index contributed by atoms with van der Waals surface area (Å²) >= 11 is 0. The van der Waals surface area contributed by atoms with Crippen molar-refractivity contribution in [2.24, 2.45) is 0 Å². The average Bonchev–Trinajstić information content (AvgIpc) is 2.54. The van der Waals surface area contributed by atoms with E-state index >= 15 is 0 Å². The molecule has 0 unspecified atom stereocenters. The normalized spacial score (nSPS) is 10.3. The van der Waals surface area contributed by atoms with Gasteiger partial charge >= 0.3 is 0 Å². The molecule has 0 saturated heterocycles. The van der Waals surface area contributed by atoms with Gasteiger partial charge in [0.05, 0.1) is 12.8 Å². The first kappa shape index (κ1) is 16.8. The van der Waals surface area contributed by atoms with Crippen molar-refractivity contribution in [3.63, 3.8) is 0 Å². The van der Waals surface area contributed by atoms with Gasteiger partial charge in [0.2, 0.25) is 0 Å². The molecule has 2 aromatic carbocycles. The fourth-order valence-electron chi connectivity index (χ4n) is 2.41. The predicted octanol–water partition coefficient (Wildman–Crippen LogP) is 3.35. The molecule has 0 aromatic heterocycles. The van der Waals surface area contributed by atoms with Crippen LogP contribution in [0.2, 0.25) is 0 Å². The molecular formula is C20H20O3. The highest BCUT2D eigenvalue weighted by Crippen LogP contribution is 2.07. The molecule has 0 amide bonds. The number of benzene rings is 2. The third-order valence-electron chi connectivity index (χ3n) is 3.57. The number of ketones is 3. The maximum absolute atomic E-state index is 11.9. The fraction of sp³-hybridized carbons (Fsp3) is 0.250. The van der Waals surface area contributed by atoms with Gasteiger partial charge in [0, 0.05) is 12.8 Å². The Morgan fingerprint density at radius 2 is 1.13 bits per heavy atom. The molecule has 0 atom stereocenters. The van der Waals surface area contributed by atoms with Crippen LogP contribution in [0, 0.1) is 0 Å². The van der Waals surface area contributed by atoms with Crippen molar-refractivity contribution in [1.29, 1.82) is 0 Å². The molecule has 0 aliphatic carbocycles. The smallest absolute Gasteiger partial charge is 0.147 e. The summed E-state index contributed by atoms with van der Waals surface area (Å²) in [5.74, 6) is -0.535. The Bertz CT molecular complexity index is 660. The Labute approximate surface area is 136 Å². The fourth-order valence-corrected chi connectivity index (χ4v) is 2.41. The van der Waals surface area contributed by atoms with Crippen molar-refractivity contribution < 1.29 is 14.4 Å². The van der Waals surface area contributed by atoms with Gasteiger partial charge in [-0.15, -0.1) is 0 Å². The van der Waals surface area contributed by atoms with Gasteiger partial charge in [0.1, 0.15) is 17.3 Å². The van der Waals surface area contributed by atoms with Crippen LogP contribution in [0.4, 0.5) is 0 Å². The molecule has 2 aromatic rings. The van der Waals surface area contributed by atoms with E-state index in [4.69, 9.17) is 0 Å². The second-order valence-electron chi connectivity index (χ2n) is 5.62. The Morgan fingerprint density at radius 3 is 1.74 bits per heavy atom. The van der Waals surface area contributed by atoms with Crippen LogP contribution in [0.15, 0.2) is 60.7 Å². The molecule has 0 N–H and O–H groups in total. The maximum atomic E-state index is 11.9. The third kappa shape index (κ3) is 6.39. The number of hydrogen-bond acceptors (Lipinski definition) is 3. The minimum atomic E-state index is -0.288. The van der Waals surface area contributed by atoms with Crippen LogP contribution in [0.5, 0.6) is 0 Å². The summed E-state index contributed by atoms with van der Waals surface area (Å²) in [6.07, 6.45) is 0.900. The zero-order valence-electron chi connectivity index (χ0n) is 13.0. The van der Waals surface area contributed by atoms with E-state index in [1.54, 1.807) is 0 Å². The predicted molar refractivity (Wildman–Crippen MR) is 89.2 cm³/mol. The van der Waals surface area contributed by atoms with Gasteiger partial charge in [-0.05, 0) is 17.5 Å². The zero-order chi connectivity index (χ0) is 16.5. The van der Waals surface area contributed by atoms with Gasteiger partial charge in [-0.1, -0.05) is 60.7 Å². The van der Waals surface area contributed by atoms with Crippen LogP contribution in [0.1, 0.15) is 30.4 Å². The lowest BCUT2D eigenvalue weighted by molar-refractivity contribution is -0.129. The number of carbonyl (C=O) groups excluding carboxylic acids is 3. The second-order valence-corrected chi connectivity index (χ2v) is 5.62. The summed E-state index contributed by atoms with van der Waals surface area (Å²) in [5.41, 5.74) is 1.97. The van der Waals surface area contributed by atoms with Gasteiger partial charge in [0.25, 0.3) is 0 Å². The minimum absolute atomic E-state index is 0.105. The van der Waals surface area contributed by atoms with Crippen LogP contribution in [0.3, 0.4) is 0 Å². The SMILES string of the molecule is O=C(CCc1ccccc1)CC(=O)CC(=O)Cc1ccccc1. The van der Waals surface area contributed by atoms with Crippen LogP contribution in [-0.2, 0) is 27.2 Å². The van der Waals surface area contributed by atoms with Crippen molar-refractivity contribution in [3.8, 4) is 0 Å². The molecule has 0 radical (unpaired) electrons. The molecule has 3 nitrogen and oxygen atoms in total. The molecule has 23 heavy (non-hydrogen) atoms. The highest BCUT2D eigenvalue weighted by atomic mass is 16.2. The van der Waals surface area contributed by atoms with Gasteiger partial charge in [0.15, 0.2) is 0 Å². The number of rotatable bonds is 9. The van der Waals surface area contributed by atoms with E-state index in [0.29, 0.717) is 12.8 Å². The standard InChI is InChI=1S/C20H20O3/c21-18(12-11-16-7-3-1-4-8-16)14-20(23)15-19(22)13-17-9-5-2-6-10-17/h1-10H,11-15H2. The number of aryl methyl sites for hydroxylation is 1. The Balaban J connectivity index is 1.71. The van der Waals surface area contributed by atoms with Gasteiger partial charge in [-0.3, -0.25) is 14.4 Å². The van der Waals surface area contributed by atoms with E-state index in [-0.39, 0.29) is 36.6 Å². The molecule has 0 aliphatic heterocycles. The lowest BCUT2D eigenvalue weighted by Crippen LogP contribution is -2.14. The van der Waals surface area contributed by atoms with E-state index in [2.05, 4.69) is 0 Å². The first-order valence-electron chi connectivity index (χ1n) is 7.76. The quantitative estimate of drug-likeness (QED) is 0.668.